The van der Waals surface area contributed by atoms with Crippen molar-refractivity contribution in [3.63, 3.8) is 0 Å². The maximum atomic E-state index is 11.2. The van der Waals surface area contributed by atoms with E-state index in [0.717, 1.165) is 22.3 Å². The first kappa shape index (κ1) is 14.8. The summed E-state index contributed by atoms with van der Waals surface area (Å²) >= 11 is 0. The SMILES string of the molecule is O=S(=O)(Cl)c1ccc(-c2ccc(-c3ccccc3)cc2)cc1. The van der Waals surface area contributed by atoms with E-state index in [1.807, 2.05) is 30.3 Å². The van der Waals surface area contributed by atoms with E-state index in [9.17, 15) is 8.42 Å². The summed E-state index contributed by atoms with van der Waals surface area (Å²) in [6, 6.07) is 24.8. The zero-order valence-corrected chi connectivity index (χ0v) is 13.2. The average Bonchev–Trinajstić information content (AvgIpc) is 2.55. The summed E-state index contributed by atoms with van der Waals surface area (Å²) < 4.78 is 22.5. The molecule has 3 rings (SSSR count). The second-order valence-electron chi connectivity index (χ2n) is 4.91. The fourth-order valence-electron chi connectivity index (χ4n) is 2.30. The van der Waals surface area contributed by atoms with Crippen molar-refractivity contribution in [2.75, 3.05) is 0 Å². The van der Waals surface area contributed by atoms with E-state index < -0.39 is 9.05 Å². The minimum atomic E-state index is -3.67. The van der Waals surface area contributed by atoms with Gasteiger partial charge in [0.05, 0.1) is 4.90 Å². The van der Waals surface area contributed by atoms with Gasteiger partial charge in [0.15, 0.2) is 0 Å². The van der Waals surface area contributed by atoms with E-state index in [2.05, 4.69) is 24.3 Å². The van der Waals surface area contributed by atoms with Gasteiger partial charge < -0.3 is 0 Å². The molecule has 2 nitrogen and oxygen atoms in total. The Kier molecular flexibility index (Phi) is 4.01. The van der Waals surface area contributed by atoms with Gasteiger partial charge in [-0.2, -0.15) is 0 Å². The van der Waals surface area contributed by atoms with Crippen LogP contribution in [0.15, 0.2) is 83.8 Å². The Morgan fingerprint density at radius 2 is 0.909 bits per heavy atom. The molecule has 0 bridgehead atoms. The lowest BCUT2D eigenvalue weighted by molar-refractivity contribution is 0.609. The molecule has 0 heterocycles. The molecule has 0 aliphatic rings. The van der Waals surface area contributed by atoms with Crippen molar-refractivity contribution in [1.82, 2.24) is 0 Å². The van der Waals surface area contributed by atoms with Crippen molar-refractivity contribution in [3.05, 3.63) is 78.9 Å². The van der Waals surface area contributed by atoms with Crippen LogP contribution in [0.5, 0.6) is 0 Å². The van der Waals surface area contributed by atoms with Gasteiger partial charge in [-0.1, -0.05) is 66.7 Å². The van der Waals surface area contributed by atoms with Crippen LogP contribution in [0.1, 0.15) is 0 Å². The zero-order chi connectivity index (χ0) is 15.6. The molecule has 4 heteroatoms. The van der Waals surface area contributed by atoms with Gasteiger partial charge >= 0.3 is 0 Å². The Balaban J connectivity index is 1.90. The van der Waals surface area contributed by atoms with Crippen molar-refractivity contribution in [3.8, 4) is 22.3 Å². The third-order valence-electron chi connectivity index (χ3n) is 3.46. The molecule has 0 aliphatic heterocycles. The topological polar surface area (TPSA) is 34.1 Å². The third-order valence-corrected chi connectivity index (χ3v) is 4.83. The number of rotatable bonds is 3. The molecule has 0 aliphatic carbocycles. The van der Waals surface area contributed by atoms with Gasteiger partial charge in [0.1, 0.15) is 0 Å². The third kappa shape index (κ3) is 3.21. The van der Waals surface area contributed by atoms with Crippen molar-refractivity contribution < 1.29 is 8.42 Å². The van der Waals surface area contributed by atoms with E-state index in [-0.39, 0.29) is 4.90 Å². The first-order chi connectivity index (χ1) is 10.5. The van der Waals surface area contributed by atoms with Crippen LogP contribution in [0, 0.1) is 0 Å². The van der Waals surface area contributed by atoms with Gasteiger partial charge in [-0.3, -0.25) is 0 Å². The molecular formula is C18H13ClO2S. The molecule has 110 valence electrons. The first-order valence-electron chi connectivity index (χ1n) is 6.75. The lowest BCUT2D eigenvalue weighted by atomic mass is 10.0. The van der Waals surface area contributed by atoms with E-state index in [1.54, 1.807) is 12.1 Å². The highest BCUT2D eigenvalue weighted by molar-refractivity contribution is 8.13. The highest BCUT2D eigenvalue weighted by Gasteiger charge is 2.09. The van der Waals surface area contributed by atoms with Crippen LogP contribution in [0.3, 0.4) is 0 Å². The molecule has 0 atom stereocenters. The number of hydrogen-bond acceptors (Lipinski definition) is 2. The summed E-state index contributed by atoms with van der Waals surface area (Å²) in [5.74, 6) is 0. The summed E-state index contributed by atoms with van der Waals surface area (Å²) in [6.45, 7) is 0. The van der Waals surface area contributed by atoms with Crippen molar-refractivity contribution in [2.45, 2.75) is 4.90 Å². The highest BCUT2D eigenvalue weighted by Crippen LogP contribution is 2.26. The van der Waals surface area contributed by atoms with Crippen LogP contribution in [0.4, 0.5) is 0 Å². The second-order valence-corrected chi connectivity index (χ2v) is 7.47. The molecule has 0 saturated heterocycles. The zero-order valence-electron chi connectivity index (χ0n) is 11.6. The molecule has 0 spiro atoms. The lowest BCUT2D eigenvalue weighted by Crippen LogP contribution is -1.89. The predicted molar refractivity (Wildman–Crippen MR) is 90.4 cm³/mol. The summed E-state index contributed by atoms with van der Waals surface area (Å²) in [5, 5.41) is 0. The van der Waals surface area contributed by atoms with Crippen LogP contribution in [-0.2, 0) is 9.05 Å². The molecular weight excluding hydrogens is 316 g/mol. The van der Waals surface area contributed by atoms with Gasteiger partial charge in [-0.05, 0) is 34.4 Å². The first-order valence-corrected chi connectivity index (χ1v) is 9.05. The van der Waals surface area contributed by atoms with E-state index >= 15 is 0 Å². The maximum absolute atomic E-state index is 11.2. The Hall–Kier alpha value is -2.10. The summed E-state index contributed by atoms with van der Waals surface area (Å²) in [4.78, 5) is 0.110. The molecule has 0 saturated carbocycles. The molecule has 0 N–H and O–H groups in total. The van der Waals surface area contributed by atoms with E-state index in [0.29, 0.717) is 0 Å². The van der Waals surface area contributed by atoms with Crippen LogP contribution in [-0.4, -0.2) is 8.42 Å². The predicted octanol–water partition coefficient (Wildman–Crippen LogP) is 4.95. The minimum absolute atomic E-state index is 0.110. The summed E-state index contributed by atoms with van der Waals surface area (Å²) in [5.41, 5.74) is 4.28. The number of hydrogen-bond donors (Lipinski definition) is 0. The molecule has 0 fully saturated rings. The average molecular weight is 329 g/mol. The Labute approximate surface area is 134 Å². The highest BCUT2D eigenvalue weighted by atomic mass is 35.7. The largest absolute Gasteiger partial charge is 0.261 e. The van der Waals surface area contributed by atoms with Crippen LogP contribution >= 0.6 is 10.7 Å². The van der Waals surface area contributed by atoms with E-state index in [1.165, 1.54) is 12.1 Å². The molecule has 0 unspecified atom stereocenters. The fourth-order valence-corrected chi connectivity index (χ4v) is 3.07. The number of benzene rings is 3. The quantitative estimate of drug-likeness (QED) is 0.638. The van der Waals surface area contributed by atoms with E-state index in [4.69, 9.17) is 10.7 Å². The molecule has 3 aromatic carbocycles. The van der Waals surface area contributed by atoms with Crippen LogP contribution in [0.2, 0.25) is 0 Å². The van der Waals surface area contributed by atoms with Crippen LogP contribution < -0.4 is 0 Å². The second kappa shape index (κ2) is 5.95. The maximum Gasteiger partial charge on any atom is 0.261 e. The Morgan fingerprint density at radius 3 is 1.32 bits per heavy atom. The Morgan fingerprint density at radius 1 is 0.545 bits per heavy atom. The van der Waals surface area contributed by atoms with Gasteiger partial charge in [0, 0.05) is 10.7 Å². The fraction of sp³-hybridized carbons (Fsp3) is 0. The van der Waals surface area contributed by atoms with Gasteiger partial charge in [-0.25, -0.2) is 8.42 Å². The summed E-state index contributed by atoms with van der Waals surface area (Å²) in [6.07, 6.45) is 0. The van der Waals surface area contributed by atoms with Crippen molar-refractivity contribution in [1.29, 1.82) is 0 Å². The van der Waals surface area contributed by atoms with Gasteiger partial charge in [-0.15, -0.1) is 0 Å². The minimum Gasteiger partial charge on any atom is -0.207 e. The molecule has 0 aromatic heterocycles. The molecule has 22 heavy (non-hydrogen) atoms. The Bertz CT molecular complexity index is 869. The monoisotopic (exact) mass is 328 g/mol. The van der Waals surface area contributed by atoms with Gasteiger partial charge in [0.25, 0.3) is 9.05 Å². The van der Waals surface area contributed by atoms with Crippen LogP contribution in [0.25, 0.3) is 22.3 Å². The standard InChI is InChI=1S/C18H13ClO2S/c19-22(20,21)18-12-10-17(11-13-18)16-8-6-15(7-9-16)14-4-2-1-3-5-14/h1-13H. The number of halogens is 1. The summed E-state index contributed by atoms with van der Waals surface area (Å²) in [7, 11) is 1.65. The van der Waals surface area contributed by atoms with Gasteiger partial charge in [0.2, 0.25) is 0 Å². The molecule has 0 radical (unpaired) electrons. The lowest BCUT2D eigenvalue weighted by Gasteiger charge is -2.05. The smallest absolute Gasteiger partial charge is 0.207 e. The van der Waals surface area contributed by atoms with Crippen molar-refractivity contribution in [2.24, 2.45) is 0 Å². The normalized spacial score (nSPS) is 11.3. The molecule has 3 aromatic rings. The molecule has 0 amide bonds. The van der Waals surface area contributed by atoms with Crippen molar-refractivity contribution >= 4 is 19.7 Å².